The molecule has 2 N–H and O–H groups in total. The number of furan rings is 1. The summed E-state index contributed by atoms with van der Waals surface area (Å²) in [4.78, 5) is 2.58. The van der Waals surface area contributed by atoms with Crippen LogP contribution < -0.4 is 5.73 Å². The number of hydrogen-bond donors (Lipinski definition) is 1. The Labute approximate surface area is 109 Å². The van der Waals surface area contributed by atoms with E-state index in [-0.39, 0.29) is 0 Å². The second-order valence-corrected chi connectivity index (χ2v) is 5.94. The number of rotatable bonds is 2. The van der Waals surface area contributed by atoms with Crippen LogP contribution in [0.25, 0.3) is 0 Å². The molecule has 1 heterocycles. The minimum Gasteiger partial charge on any atom is -0.469 e. The van der Waals surface area contributed by atoms with Gasteiger partial charge in [-0.25, -0.2) is 0 Å². The Morgan fingerprint density at radius 1 is 1.22 bits per heavy atom. The van der Waals surface area contributed by atoms with Crippen LogP contribution in [-0.2, 0) is 6.42 Å². The average Bonchev–Trinajstić information content (AvgIpc) is 2.87. The van der Waals surface area contributed by atoms with E-state index in [9.17, 15) is 0 Å². The zero-order valence-corrected chi connectivity index (χ0v) is 11.3. The monoisotopic (exact) mass is 248 g/mol. The Kier molecular flexibility index (Phi) is 3.44. The van der Waals surface area contributed by atoms with Gasteiger partial charge in [0.25, 0.3) is 0 Å². The van der Waals surface area contributed by atoms with Gasteiger partial charge >= 0.3 is 0 Å². The normalized spacial score (nSPS) is 32.5. The van der Waals surface area contributed by atoms with Crippen molar-refractivity contribution in [2.75, 3.05) is 7.05 Å². The lowest BCUT2D eigenvalue weighted by molar-refractivity contribution is 0.118. The Morgan fingerprint density at radius 2 is 2.00 bits per heavy atom. The molecule has 1 saturated carbocycles. The van der Waals surface area contributed by atoms with Gasteiger partial charge in [0, 0.05) is 30.1 Å². The van der Waals surface area contributed by atoms with E-state index >= 15 is 0 Å². The Morgan fingerprint density at radius 3 is 2.78 bits per heavy atom. The molecule has 1 aromatic rings. The number of hydrogen-bond acceptors (Lipinski definition) is 3. The number of aryl methyl sites for hydroxylation is 1. The van der Waals surface area contributed by atoms with Gasteiger partial charge in [0.05, 0.1) is 6.26 Å². The quantitative estimate of drug-likeness (QED) is 0.875. The standard InChI is InChI=1S/C15H24N2O/c1-17(12-7-5-11(16)6-8-12)14-3-2-4-15-13(14)9-10-18-15/h9-12,14H,2-8,16H2,1H3. The molecular formula is C15H24N2O. The zero-order valence-electron chi connectivity index (χ0n) is 11.3. The van der Waals surface area contributed by atoms with Crippen molar-refractivity contribution in [3.8, 4) is 0 Å². The van der Waals surface area contributed by atoms with Crippen LogP contribution in [0.4, 0.5) is 0 Å². The highest BCUT2D eigenvalue weighted by atomic mass is 16.3. The second kappa shape index (κ2) is 5.06. The van der Waals surface area contributed by atoms with Crippen molar-refractivity contribution in [1.29, 1.82) is 0 Å². The van der Waals surface area contributed by atoms with Crippen molar-refractivity contribution in [1.82, 2.24) is 4.90 Å². The van der Waals surface area contributed by atoms with Crippen molar-refractivity contribution in [2.45, 2.75) is 63.1 Å². The summed E-state index contributed by atoms with van der Waals surface area (Å²) in [5.41, 5.74) is 7.43. The SMILES string of the molecule is CN(C1CCC(N)CC1)C1CCCc2occc21. The lowest BCUT2D eigenvalue weighted by Crippen LogP contribution is -2.41. The Bertz CT molecular complexity index is 393. The summed E-state index contributed by atoms with van der Waals surface area (Å²) in [7, 11) is 2.29. The van der Waals surface area contributed by atoms with E-state index in [1.165, 1.54) is 49.8 Å². The largest absolute Gasteiger partial charge is 0.469 e. The molecule has 3 heteroatoms. The maximum Gasteiger partial charge on any atom is 0.108 e. The highest BCUT2D eigenvalue weighted by Crippen LogP contribution is 2.37. The molecule has 1 unspecified atom stereocenters. The van der Waals surface area contributed by atoms with Gasteiger partial charge in [0.15, 0.2) is 0 Å². The first-order valence-corrected chi connectivity index (χ1v) is 7.29. The van der Waals surface area contributed by atoms with E-state index in [4.69, 9.17) is 10.2 Å². The Hall–Kier alpha value is -0.800. The van der Waals surface area contributed by atoms with E-state index in [2.05, 4.69) is 18.0 Å². The third-order valence-electron chi connectivity index (χ3n) is 4.83. The van der Waals surface area contributed by atoms with Crippen LogP contribution in [0, 0.1) is 0 Å². The van der Waals surface area contributed by atoms with E-state index in [1.807, 2.05) is 6.26 Å². The molecular weight excluding hydrogens is 224 g/mol. The third-order valence-corrected chi connectivity index (χ3v) is 4.83. The van der Waals surface area contributed by atoms with Gasteiger partial charge in [0.2, 0.25) is 0 Å². The van der Waals surface area contributed by atoms with E-state index in [1.54, 1.807) is 0 Å². The van der Waals surface area contributed by atoms with Crippen molar-refractivity contribution in [2.24, 2.45) is 5.73 Å². The molecule has 0 saturated heterocycles. The molecule has 0 aromatic carbocycles. The predicted molar refractivity (Wildman–Crippen MR) is 72.4 cm³/mol. The van der Waals surface area contributed by atoms with Crippen LogP contribution in [0.15, 0.2) is 16.7 Å². The molecule has 1 aromatic heterocycles. The first-order chi connectivity index (χ1) is 8.75. The minimum atomic E-state index is 0.436. The summed E-state index contributed by atoms with van der Waals surface area (Å²) < 4.78 is 5.59. The molecule has 0 aliphatic heterocycles. The lowest BCUT2D eigenvalue weighted by atomic mass is 9.87. The molecule has 3 rings (SSSR count). The molecule has 3 nitrogen and oxygen atoms in total. The van der Waals surface area contributed by atoms with Crippen molar-refractivity contribution >= 4 is 0 Å². The number of fused-ring (bicyclic) bond motifs is 1. The maximum atomic E-state index is 6.00. The molecule has 0 amide bonds. The lowest BCUT2D eigenvalue weighted by Gasteiger charge is -2.39. The highest BCUT2D eigenvalue weighted by molar-refractivity contribution is 5.24. The maximum absolute atomic E-state index is 6.00. The topological polar surface area (TPSA) is 42.4 Å². The minimum absolute atomic E-state index is 0.436. The second-order valence-electron chi connectivity index (χ2n) is 5.94. The molecule has 18 heavy (non-hydrogen) atoms. The fraction of sp³-hybridized carbons (Fsp3) is 0.733. The first kappa shape index (κ1) is 12.2. The van der Waals surface area contributed by atoms with Gasteiger partial charge in [-0.05, 0) is 51.6 Å². The van der Waals surface area contributed by atoms with E-state index < -0.39 is 0 Å². The first-order valence-electron chi connectivity index (χ1n) is 7.29. The van der Waals surface area contributed by atoms with Crippen molar-refractivity contribution < 1.29 is 4.42 Å². The van der Waals surface area contributed by atoms with Crippen LogP contribution >= 0.6 is 0 Å². The van der Waals surface area contributed by atoms with Gasteiger partial charge in [-0.3, -0.25) is 4.90 Å². The molecule has 0 bridgehead atoms. The van der Waals surface area contributed by atoms with Gasteiger partial charge < -0.3 is 10.2 Å². The van der Waals surface area contributed by atoms with Crippen LogP contribution in [0.2, 0.25) is 0 Å². The summed E-state index contributed by atoms with van der Waals surface area (Å²) in [5.74, 6) is 1.21. The summed E-state index contributed by atoms with van der Waals surface area (Å²) in [5, 5.41) is 0. The molecule has 100 valence electrons. The van der Waals surface area contributed by atoms with Crippen LogP contribution in [0.1, 0.15) is 55.9 Å². The third kappa shape index (κ3) is 2.21. The predicted octanol–water partition coefficient (Wildman–Crippen LogP) is 2.86. The number of nitrogens with zero attached hydrogens (tertiary/aromatic N) is 1. The van der Waals surface area contributed by atoms with E-state index in [0.717, 1.165) is 6.42 Å². The van der Waals surface area contributed by atoms with Crippen LogP contribution in [0.3, 0.4) is 0 Å². The highest BCUT2D eigenvalue weighted by Gasteiger charge is 2.31. The van der Waals surface area contributed by atoms with E-state index in [0.29, 0.717) is 18.1 Å². The number of nitrogens with two attached hydrogens (primary N) is 1. The Balaban J connectivity index is 1.72. The molecule has 2 aliphatic rings. The molecule has 0 spiro atoms. The van der Waals surface area contributed by atoms with Gasteiger partial charge in [-0.1, -0.05) is 0 Å². The summed E-state index contributed by atoms with van der Waals surface area (Å²) in [6, 6.07) is 3.87. The summed E-state index contributed by atoms with van der Waals surface area (Å²) in [6.07, 6.45) is 10.4. The summed E-state index contributed by atoms with van der Waals surface area (Å²) in [6.45, 7) is 0. The van der Waals surface area contributed by atoms with Gasteiger partial charge in [0.1, 0.15) is 5.76 Å². The summed E-state index contributed by atoms with van der Waals surface area (Å²) >= 11 is 0. The van der Waals surface area contributed by atoms with Crippen LogP contribution in [0.5, 0.6) is 0 Å². The average molecular weight is 248 g/mol. The fourth-order valence-electron chi connectivity index (χ4n) is 3.65. The van der Waals surface area contributed by atoms with Crippen molar-refractivity contribution in [3.05, 3.63) is 23.7 Å². The van der Waals surface area contributed by atoms with Gasteiger partial charge in [-0.15, -0.1) is 0 Å². The smallest absolute Gasteiger partial charge is 0.108 e. The molecule has 1 atom stereocenters. The fourth-order valence-corrected chi connectivity index (χ4v) is 3.65. The molecule has 2 aliphatic carbocycles. The van der Waals surface area contributed by atoms with Gasteiger partial charge in [-0.2, -0.15) is 0 Å². The van der Waals surface area contributed by atoms with Crippen LogP contribution in [-0.4, -0.2) is 24.0 Å². The molecule has 1 fully saturated rings. The molecule has 0 radical (unpaired) electrons. The van der Waals surface area contributed by atoms with Crippen molar-refractivity contribution in [3.63, 3.8) is 0 Å². The zero-order chi connectivity index (χ0) is 12.5.